The lowest BCUT2D eigenvalue weighted by atomic mass is 10.2. The molecule has 0 radical (unpaired) electrons. The van der Waals surface area contributed by atoms with Gasteiger partial charge in [-0.05, 0) is 19.4 Å². The SMILES string of the molecule is Cn1ccnc1CN(CCO)CC1CCCN1. The third kappa shape index (κ3) is 3.52. The molecular formula is C12H22N4O. The van der Waals surface area contributed by atoms with E-state index in [1.807, 2.05) is 24.0 Å². The molecule has 5 heteroatoms. The van der Waals surface area contributed by atoms with Gasteiger partial charge in [-0.1, -0.05) is 0 Å². The minimum Gasteiger partial charge on any atom is -0.395 e. The Balaban J connectivity index is 1.89. The van der Waals surface area contributed by atoms with Crippen molar-refractivity contribution >= 4 is 0 Å². The minimum absolute atomic E-state index is 0.205. The van der Waals surface area contributed by atoms with Crippen molar-refractivity contribution in [3.05, 3.63) is 18.2 Å². The van der Waals surface area contributed by atoms with Crippen LogP contribution < -0.4 is 5.32 Å². The van der Waals surface area contributed by atoms with E-state index in [1.54, 1.807) is 0 Å². The lowest BCUT2D eigenvalue weighted by Crippen LogP contribution is -2.39. The molecule has 1 aromatic rings. The van der Waals surface area contributed by atoms with Crippen molar-refractivity contribution in [1.82, 2.24) is 19.8 Å². The average Bonchev–Trinajstić information content (AvgIpc) is 2.92. The Bertz CT molecular complexity index is 333. The fourth-order valence-electron chi connectivity index (χ4n) is 2.35. The van der Waals surface area contributed by atoms with Gasteiger partial charge in [-0.2, -0.15) is 0 Å². The van der Waals surface area contributed by atoms with Crippen molar-refractivity contribution in [3.8, 4) is 0 Å². The third-order valence-electron chi connectivity index (χ3n) is 3.34. The van der Waals surface area contributed by atoms with Gasteiger partial charge in [0.2, 0.25) is 0 Å². The molecule has 0 saturated carbocycles. The second kappa shape index (κ2) is 6.14. The normalized spacial score (nSPS) is 20.3. The second-order valence-corrected chi connectivity index (χ2v) is 4.71. The van der Waals surface area contributed by atoms with E-state index in [9.17, 15) is 0 Å². The van der Waals surface area contributed by atoms with E-state index in [2.05, 4.69) is 15.2 Å². The minimum atomic E-state index is 0.205. The van der Waals surface area contributed by atoms with Gasteiger partial charge in [0.25, 0.3) is 0 Å². The summed E-state index contributed by atoms with van der Waals surface area (Å²) in [5, 5.41) is 12.6. The summed E-state index contributed by atoms with van der Waals surface area (Å²) in [5.74, 6) is 1.05. The van der Waals surface area contributed by atoms with Crippen LogP contribution >= 0.6 is 0 Å². The number of imidazole rings is 1. The monoisotopic (exact) mass is 238 g/mol. The number of aryl methyl sites for hydroxylation is 1. The molecule has 2 heterocycles. The van der Waals surface area contributed by atoms with Crippen molar-refractivity contribution < 1.29 is 5.11 Å². The summed E-state index contributed by atoms with van der Waals surface area (Å²) in [6.45, 7) is 3.85. The molecule has 0 spiro atoms. The van der Waals surface area contributed by atoms with Crippen molar-refractivity contribution in [1.29, 1.82) is 0 Å². The zero-order valence-corrected chi connectivity index (χ0v) is 10.5. The molecule has 1 aliphatic rings. The Labute approximate surface area is 102 Å². The molecule has 96 valence electrons. The topological polar surface area (TPSA) is 53.3 Å². The van der Waals surface area contributed by atoms with Gasteiger partial charge < -0.3 is 15.0 Å². The number of hydrogen-bond donors (Lipinski definition) is 2. The third-order valence-corrected chi connectivity index (χ3v) is 3.34. The van der Waals surface area contributed by atoms with Crippen LogP contribution in [-0.2, 0) is 13.6 Å². The summed E-state index contributed by atoms with van der Waals surface area (Å²) in [4.78, 5) is 6.60. The van der Waals surface area contributed by atoms with Crippen LogP contribution in [0.25, 0.3) is 0 Å². The van der Waals surface area contributed by atoms with Crippen molar-refractivity contribution in [3.63, 3.8) is 0 Å². The van der Waals surface area contributed by atoms with Gasteiger partial charge in [0.1, 0.15) is 5.82 Å². The van der Waals surface area contributed by atoms with Gasteiger partial charge in [0, 0.05) is 38.6 Å². The van der Waals surface area contributed by atoms with E-state index >= 15 is 0 Å². The van der Waals surface area contributed by atoms with Crippen LogP contribution in [0.3, 0.4) is 0 Å². The molecule has 0 amide bonds. The number of aliphatic hydroxyl groups excluding tert-OH is 1. The molecule has 17 heavy (non-hydrogen) atoms. The predicted octanol–water partition coefficient (Wildman–Crippen LogP) is -0.0336. The van der Waals surface area contributed by atoms with E-state index in [1.165, 1.54) is 12.8 Å². The largest absolute Gasteiger partial charge is 0.395 e. The molecule has 1 saturated heterocycles. The molecule has 2 rings (SSSR count). The van der Waals surface area contributed by atoms with Gasteiger partial charge in [0.05, 0.1) is 13.2 Å². The van der Waals surface area contributed by atoms with E-state index < -0.39 is 0 Å². The number of aliphatic hydroxyl groups is 1. The molecule has 1 aromatic heterocycles. The standard InChI is InChI=1S/C12H22N4O/c1-15-6-5-14-12(15)10-16(7-8-17)9-11-3-2-4-13-11/h5-6,11,13,17H,2-4,7-10H2,1H3. The molecule has 5 nitrogen and oxygen atoms in total. The zero-order chi connectivity index (χ0) is 12.1. The highest BCUT2D eigenvalue weighted by atomic mass is 16.3. The average molecular weight is 238 g/mol. The summed E-state index contributed by atoms with van der Waals surface area (Å²) in [6.07, 6.45) is 6.28. The Kier molecular flexibility index (Phi) is 4.53. The Hall–Kier alpha value is -0.910. The van der Waals surface area contributed by atoms with Crippen LogP contribution in [0.4, 0.5) is 0 Å². The summed E-state index contributed by atoms with van der Waals surface area (Å²) in [6, 6.07) is 0.571. The van der Waals surface area contributed by atoms with Crippen LogP contribution in [0.1, 0.15) is 18.7 Å². The number of hydrogen-bond acceptors (Lipinski definition) is 4. The first-order valence-corrected chi connectivity index (χ1v) is 6.32. The molecule has 1 fully saturated rings. The molecular weight excluding hydrogens is 216 g/mol. The first kappa shape index (κ1) is 12.5. The molecule has 0 bridgehead atoms. The van der Waals surface area contributed by atoms with Gasteiger partial charge in [-0.3, -0.25) is 4.90 Å². The second-order valence-electron chi connectivity index (χ2n) is 4.71. The van der Waals surface area contributed by atoms with Crippen molar-refractivity contribution in [2.75, 3.05) is 26.2 Å². The van der Waals surface area contributed by atoms with Crippen LogP contribution in [0, 0.1) is 0 Å². The summed E-state index contributed by atoms with van der Waals surface area (Å²) in [5.41, 5.74) is 0. The maximum absolute atomic E-state index is 9.12. The number of nitrogens with one attached hydrogen (secondary N) is 1. The molecule has 0 aliphatic carbocycles. The van der Waals surface area contributed by atoms with E-state index in [0.717, 1.165) is 25.5 Å². The van der Waals surface area contributed by atoms with Crippen molar-refractivity contribution in [2.45, 2.75) is 25.4 Å². The van der Waals surface area contributed by atoms with Gasteiger partial charge in [0.15, 0.2) is 0 Å². The Morgan fingerprint density at radius 1 is 1.65 bits per heavy atom. The highest BCUT2D eigenvalue weighted by Gasteiger charge is 2.18. The molecule has 1 unspecified atom stereocenters. The molecule has 2 N–H and O–H groups in total. The first-order valence-electron chi connectivity index (χ1n) is 6.32. The number of aromatic nitrogens is 2. The zero-order valence-electron chi connectivity index (χ0n) is 10.5. The van der Waals surface area contributed by atoms with Crippen LogP contribution in [0.5, 0.6) is 0 Å². The maximum Gasteiger partial charge on any atom is 0.122 e. The Morgan fingerprint density at radius 3 is 3.12 bits per heavy atom. The lowest BCUT2D eigenvalue weighted by Gasteiger charge is -2.24. The lowest BCUT2D eigenvalue weighted by molar-refractivity contribution is 0.175. The smallest absolute Gasteiger partial charge is 0.122 e. The fourth-order valence-corrected chi connectivity index (χ4v) is 2.35. The predicted molar refractivity (Wildman–Crippen MR) is 66.6 cm³/mol. The van der Waals surface area contributed by atoms with Crippen LogP contribution in [0.15, 0.2) is 12.4 Å². The molecule has 1 aliphatic heterocycles. The van der Waals surface area contributed by atoms with E-state index in [-0.39, 0.29) is 6.61 Å². The molecule has 0 aromatic carbocycles. The van der Waals surface area contributed by atoms with Crippen LogP contribution in [-0.4, -0.2) is 51.8 Å². The van der Waals surface area contributed by atoms with Gasteiger partial charge in [-0.25, -0.2) is 4.98 Å². The van der Waals surface area contributed by atoms with Gasteiger partial charge >= 0.3 is 0 Å². The fraction of sp³-hybridized carbons (Fsp3) is 0.750. The van der Waals surface area contributed by atoms with Gasteiger partial charge in [-0.15, -0.1) is 0 Å². The highest BCUT2D eigenvalue weighted by Crippen LogP contribution is 2.09. The van der Waals surface area contributed by atoms with E-state index in [4.69, 9.17) is 5.11 Å². The molecule has 1 atom stereocenters. The Morgan fingerprint density at radius 2 is 2.53 bits per heavy atom. The maximum atomic E-state index is 9.12. The van der Waals surface area contributed by atoms with E-state index in [0.29, 0.717) is 12.6 Å². The first-order chi connectivity index (χ1) is 8.29. The van der Waals surface area contributed by atoms with Crippen molar-refractivity contribution in [2.24, 2.45) is 7.05 Å². The summed E-state index contributed by atoms with van der Waals surface area (Å²) in [7, 11) is 2.01. The number of rotatable bonds is 6. The highest BCUT2D eigenvalue weighted by molar-refractivity contribution is 4.91. The van der Waals surface area contributed by atoms with Crippen LogP contribution in [0.2, 0.25) is 0 Å². The summed E-state index contributed by atoms with van der Waals surface area (Å²) < 4.78 is 2.03. The number of nitrogens with zero attached hydrogens (tertiary/aromatic N) is 3. The summed E-state index contributed by atoms with van der Waals surface area (Å²) >= 11 is 0. The quantitative estimate of drug-likeness (QED) is 0.730.